The molecule has 2 heterocycles. The molecule has 0 saturated heterocycles. The summed E-state index contributed by atoms with van der Waals surface area (Å²) in [5.74, 6) is 0.427. The number of amides is 1. The molecule has 0 aliphatic carbocycles. The smallest absolute Gasteiger partial charge is 0.330 e. The van der Waals surface area contributed by atoms with Crippen molar-refractivity contribution in [2.45, 2.75) is 59.8 Å². The Morgan fingerprint density at radius 2 is 1.75 bits per heavy atom. The van der Waals surface area contributed by atoms with Crippen LogP contribution in [-0.2, 0) is 26.2 Å². The molecule has 9 heteroatoms. The molecule has 0 fully saturated rings. The van der Waals surface area contributed by atoms with Gasteiger partial charge in [0.1, 0.15) is 5.82 Å². The normalized spacial score (nSPS) is 11.1. The number of hydrogen-bond donors (Lipinski definition) is 3. The molecule has 2 aromatic carbocycles. The molecule has 0 aliphatic rings. The number of anilines is 1. The molecule has 4 aromatic rings. The van der Waals surface area contributed by atoms with Crippen LogP contribution >= 0.6 is 0 Å². The van der Waals surface area contributed by atoms with E-state index >= 15 is 0 Å². The summed E-state index contributed by atoms with van der Waals surface area (Å²) in [4.78, 5) is 45.1. The first-order valence-electron chi connectivity index (χ1n) is 12.3. The highest BCUT2D eigenvalue weighted by molar-refractivity contribution is 5.99. The van der Waals surface area contributed by atoms with Crippen molar-refractivity contribution >= 4 is 22.8 Å². The van der Waals surface area contributed by atoms with E-state index in [9.17, 15) is 14.4 Å². The lowest BCUT2D eigenvalue weighted by atomic mass is 10.1. The van der Waals surface area contributed by atoms with E-state index in [1.54, 1.807) is 6.07 Å². The lowest BCUT2D eigenvalue weighted by molar-refractivity contribution is 0.0951. The first-order chi connectivity index (χ1) is 17.4. The molecule has 0 unspecified atom stereocenters. The maximum atomic E-state index is 13.0. The standard InChI is InChI=1S/C27H32N6O3/c1-4-6-15-33-24-23(26(35)31-27(33)36)32(5-2)22(30-24)17-28-21-10-8-7-9-20(21)25(34)29-16-19-13-11-18(3)12-14-19/h7-14,28H,4-6,15-17H2,1-3H3,(H,29,34)(H,31,35,36). The van der Waals surface area contributed by atoms with Gasteiger partial charge in [0, 0.05) is 25.3 Å². The van der Waals surface area contributed by atoms with Gasteiger partial charge in [0.25, 0.3) is 11.5 Å². The van der Waals surface area contributed by atoms with Crippen LogP contribution in [0.4, 0.5) is 5.69 Å². The second-order valence-electron chi connectivity index (χ2n) is 8.78. The van der Waals surface area contributed by atoms with Gasteiger partial charge in [-0.1, -0.05) is 55.3 Å². The van der Waals surface area contributed by atoms with Crippen molar-refractivity contribution in [3.63, 3.8) is 0 Å². The molecule has 3 N–H and O–H groups in total. The van der Waals surface area contributed by atoms with E-state index in [4.69, 9.17) is 0 Å². The molecule has 9 nitrogen and oxygen atoms in total. The van der Waals surface area contributed by atoms with Crippen molar-refractivity contribution in [3.05, 3.63) is 91.9 Å². The number of aryl methyl sites for hydroxylation is 3. The lowest BCUT2D eigenvalue weighted by Crippen LogP contribution is -2.31. The summed E-state index contributed by atoms with van der Waals surface area (Å²) in [6.45, 7) is 7.71. The minimum absolute atomic E-state index is 0.187. The van der Waals surface area contributed by atoms with E-state index in [2.05, 4.69) is 20.6 Å². The van der Waals surface area contributed by atoms with Gasteiger partial charge >= 0.3 is 5.69 Å². The second-order valence-corrected chi connectivity index (χ2v) is 8.78. The van der Waals surface area contributed by atoms with Crippen LogP contribution in [0.5, 0.6) is 0 Å². The quantitative estimate of drug-likeness (QED) is 0.316. The molecular formula is C27H32N6O3. The van der Waals surface area contributed by atoms with Gasteiger partial charge in [-0.25, -0.2) is 9.78 Å². The van der Waals surface area contributed by atoms with Gasteiger partial charge in [-0.15, -0.1) is 0 Å². The summed E-state index contributed by atoms with van der Waals surface area (Å²) in [6, 6.07) is 15.3. The minimum atomic E-state index is -0.447. The average Bonchev–Trinajstić information content (AvgIpc) is 3.26. The molecule has 4 rings (SSSR count). The van der Waals surface area contributed by atoms with Crippen molar-refractivity contribution in [1.29, 1.82) is 0 Å². The lowest BCUT2D eigenvalue weighted by Gasteiger charge is -2.13. The molecule has 0 aliphatic heterocycles. The first kappa shape index (κ1) is 25.0. The third-order valence-corrected chi connectivity index (χ3v) is 6.20. The van der Waals surface area contributed by atoms with Crippen molar-refractivity contribution in [3.8, 4) is 0 Å². The Morgan fingerprint density at radius 1 is 1.00 bits per heavy atom. The van der Waals surface area contributed by atoms with Crippen LogP contribution in [0.15, 0.2) is 58.1 Å². The Hall–Kier alpha value is -4.14. The fourth-order valence-electron chi connectivity index (χ4n) is 4.21. The fourth-order valence-corrected chi connectivity index (χ4v) is 4.21. The largest absolute Gasteiger partial charge is 0.377 e. The zero-order valence-electron chi connectivity index (χ0n) is 20.9. The van der Waals surface area contributed by atoms with Crippen LogP contribution in [0.1, 0.15) is 54.0 Å². The number of nitrogens with zero attached hydrogens (tertiary/aromatic N) is 3. The van der Waals surface area contributed by atoms with Crippen molar-refractivity contribution in [2.24, 2.45) is 0 Å². The summed E-state index contributed by atoms with van der Waals surface area (Å²) in [5, 5.41) is 6.28. The predicted molar refractivity (Wildman–Crippen MR) is 141 cm³/mol. The van der Waals surface area contributed by atoms with E-state index in [0.29, 0.717) is 47.9 Å². The molecule has 0 radical (unpaired) electrons. The number of imidazole rings is 1. The number of aromatic nitrogens is 4. The summed E-state index contributed by atoms with van der Waals surface area (Å²) in [6.07, 6.45) is 1.72. The zero-order chi connectivity index (χ0) is 25.7. The molecule has 36 heavy (non-hydrogen) atoms. The molecule has 0 bridgehead atoms. The highest BCUT2D eigenvalue weighted by Gasteiger charge is 2.18. The third-order valence-electron chi connectivity index (χ3n) is 6.20. The van der Waals surface area contributed by atoms with Crippen molar-refractivity contribution in [2.75, 3.05) is 5.32 Å². The number of aromatic amines is 1. The Morgan fingerprint density at radius 3 is 2.47 bits per heavy atom. The van der Waals surface area contributed by atoms with Gasteiger partial charge < -0.3 is 15.2 Å². The molecule has 2 aromatic heterocycles. The van der Waals surface area contributed by atoms with E-state index < -0.39 is 11.2 Å². The second kappa shape index (κ2) is 11.1. The summed E-state index contributed by atoms with van der Waals surface area (Å²) in [5.41, 5.74) is 3.25. The Bertz CT molecular complexity index is 1480. The highest BCUT2D eigenvalue weighted by Crippen LogP contribution is 2.18. The van der Waals surface area contributed by atoms with Gasteiger partial charge in [0.2, 0.25) is 0 Å². The number of benzene rings is 2. The van der Waals surface area contributed by atoms with Gasteiger partial charge in [-0.05, 0) is 38.0 Å². The SMILES string of the molecule is CCCCn1c(=O)[nH]c(=O)c2c1nc(CNc1ccccc1C(=O)NCc1ccc(C)cc1)n2CC. The number of fused-ring (bicyclic) bond motifs is 1. The van der Waals surface area contributed by atoms with Crippen molar-refractivity contribution < 1.29 is 4.79 Å². The number of para-hydroxylation sites is 1. The number of nitrogens with one attached hydrogen (secondary N) is 3. The van der Waals surface area contributed by atoms with Crippen LogP contribution in [0, 0.1) is 6.92 Å². The number of unbranched alkanes of at least 4 members (excludes halogenated alkanes) is 1. The topological polar surface area (TPSA) is 114 Å². The molecule has 0 spiro atoms. The Kier molecular flexibility index (Phi) is 7.68. The first-order valence-corrected chi connectivity index (χ1v) is 12.3. The van der Waals surface area contributed by atoms with Crippen LogP contribution in [0.25, 0.3) is 11.2 Å². The van der Waals surface area contributed by atoms with E-state index in [0.717, 1.165) is 18.4 Å². The summed E-state index contributed by atoms with van der Waals surface area (Å²) in [7, 11) is 0. The van der Waals surface area contributed by atoms with Crippen LogP contribution in [0.3, 0.4) is 0 Å². The fraction of sp³-hybridized carbons (Fsp3) is 0.333. The van der Waals surface area contributed by atoms with E-state index in [-0.39, 0.29) is 12.5 Å². The molecule has 1 amide bonds. The molecule has 188 valence electrons. The zero-order valence-corrected chi connectivity index (χ0v) is 20.9. The van der Waals surface area contributed by atoms with Crippen LogP contribution in [0.2, 0.25) is 0 Å². The number of hydrogen-bond acceptors (Lipinski definition) is 5. The maximum absolute atomic E-state index is 13.0. The molecule has 0 atom stereocenters. The van der Waals surface area contributed by atoms with E-state index in [1.807, 2.05) is 67.8 Å². The van der Waals surface area contributed by atoms with Gasteiger partial charge in [-0.3, -0.25) is 19.1 Å². The maximum Gasteiger partial charge on any atom is 0.330 e. The number of H-pyrrole nitrogens is 1. The Balaban J connectivity index is 1.57. The van der Waals surface area contributed by atoms with E-state index in [1.165, 1.54) is 10.1 Å². The van der Waals surface area contributed by atoms with Crippen molar-refractivity contribution in [1.82, 2.24) is 24.4 Å². The van der Waals surface area contributed by atoms with Crippen LogP contribution < -0.4 is 21.9 Å². The number of rotatable bonds is 10. The minimum Gasteiger partial charge on any atom is -0.377 e. The Labute approximate surface area is 209 Å². The number of carbonyl (C=O) groups is 1. The van der Waals surface area contributed by atoms with Gasteiger partial charge in [0.05, 0.1) is 12.1 Å². The molecular weight excluding hydrogens is 456 g/mol. The molecule has 0 saturated carbocycles. The summed E-state index contributed by atoms with van der Waals surface area (Å²) < 4.78 is 3.34. The van der Waals surface area contributed by atoms with Crippen LogP contribution in [-0.4, -0.2) is 25.0 Å². The average molecular weight is 489 g/mol. The highest BCUT2D eigenvalue weighted by atomic mass is 16.2. The third kappa shape index (κ3) is 5.25. The monoisotopic (exact) mass is 488 g/mol. The number of carbonyl (C=O) groups excluding carboxylic acids is 1. The predicted octanol–water partition coefficient (Wildman–Crippen LogP) is 3.56. The summed E-state index contributed by atoms with van der Waals surface area (Å²) >= 11 is 0. The van der Waals surface area contributed by atoms with Gasteiger partial charge in [-0.2, -0.15) is 0 Å². The van der Waals surface area contributed by atoms with Gasteiger partial charge in [0.15, 0.2) is 11.2 Å².